The van der Waals surface area contributed by atoms with E-state index < -0.39 is 17.4 Å². The van der Waals surface area contributed by atoms with Crippen LogP contribution in [-0.2, 0) is 28.2 Å². The van der Waals surface area contributed by atoms with Gasteiger partial charge in [0.05, 0.1) is 34.8 Å². The third-order valence-corrected chi connectivity index (χ3v) is 7.71. The Bertz CT molecular complexity index is 1260. The molecule has 9 heteroatoms. The van der Waals surface area contributed by atoms with Gasteiger partial charge in [-0.05, 0) is 62.3 Å². The van der Waals surface area contributed by atoms with Gasteiger partial charge in [0, 0.05) is 22.6 Å². The van der Waals surface area contributed by atoms with E-state index in [4.69, 9.17) is 37.6 Å². The molecule has 2 aliphatic carbocycles. The van der Waals surface area contributed by atoms with Gasteiger partial charge in [-0.15, -0.1) is 0 Å². The molecule has 190 valence electrons. The van der Waals surface area contributed by atoms with E-state index >= 15 is 0 Å². The van der Waals surface area contributed by atoms with Crippen LogP contribution in [0.4, 0.5) is 4.39 Å². The zero-order valence-electron chi connectivity index (χ0n) is 19.5. The first-order chi connectivity index (χ1) is 17.2. The summed E-state index contributed by atoms with van der Waals surface area (Å²) < 4.78 is 26.7. The van der Waals surface area contributed by atoms with Gasteiger partial charge in [-0.2, -0.15) is 0 Å². The average Bonchev–Trinajstić information content (AvgIpc) is 3.59. The van der Waals surface area contributed by atoms with Crippen molar-refractivity contribution in [3.63, 3.8) is 0 Å². The molecule has 0 spiro atoms. The van der Waals surface area contributed by atoms with E-state index in [1.165, 1.54) is 12.1 Å². The highest BCUT2D eigenvalue weighted by molar-refractivity contribution is 6.39. The van der Waals surface area contributed by atoms with Gasteiger partial charge in [0.1, 0.15) is 17.3 Å². The van der Waals surface area contributed by atoms with E-state index in [9.17, 15) is 14.3 Å². The fraction of sp³-hybridized carbons (Fsp3) is 0.407. The second-order valence-corrected chi connectivity index (χ2v) is 10.5. The summed E-state index contributed by atoms with van der Waals surface area (Å²) in [4.78, 5) is 10.9. The van der Waals surface area contributed by atoms with Crippen LogP contribution in [0.3, 0.4) is 0 Å². The Morgan fingerprint density at radius 1 is 1.14 bits per heavy atom. The highest BCUT2D eigenvalue weighted by Gasteiger charge is 2.38. The van der Waals surface area contributed by atoms with Gasteiger partial charge in [0.2, 0.25) is 0 Å². The fourth-order valence-electron chi connectivity index (χ4n) is 4.97. The van der Waals surface area contributed by atoms with Crippen molar-refractivity contribution in [3.8, 4) is 11.3 Å². The number of carboxylic acids is 1. The molecule has 0 unspecified atom stereocenters. The molecule has 0 atom stereocenters. The molecule has 2 saturated carbocycles. The van der Waals surface area contributed by atoms with Crippen LogP contribution in [0.25, 0.3) is 11.3 Å². The molecule has 0 bridgehead atoms. The van der Waals surface area contributed by atoms with Crippen molar-refractivity contribution in [1.29, 1.82) is 0 Å². The minimum Gasteiger partial charge on any atom is -0.481 e. The van der Waals surface area contributed by atoms with Gasteiger partial charge < -0.3 is 19.5 Å². The summed E-state index contributed by atoms with van der Waals surface area (Å²) >= 11 is 12.9. The second-order valence-electron chi connectivity index (χ2n) is 9.67. The zero-order valence-corrected chi connectivity index (χ0v) is 21.0. The monoisotopic (exact) mass is 533 g/mol. The molecule has 2 fully saturated rings. The van der Waals surface area contributed by atoms with Crippen molar-refractivity contribution in [1.82, 2.24) is 5.16 Å². The maximum atomic E-state index is 14.7. The summed E-state index contributed by atoms with van der Waals surface area (Å²) in [6, 6.07) is 9.53. The van der Waals surface area contributed by atoms with Gasteiger partial charge >= 0.3 is 5.97 Å². The van der Waals surface area contributed by atoms with E-state index in [2.05, 4.69) is 5.16 Å². The van der Waals surface area contributed by atoms with Crippen LogP contribution in [0.5, 0.6) is 0 Å². The van der Waals surface area contributed by atoms with Crippen LogP contribution in [0, 0.1) is 5.82 Å². The molecule has 0 radical (unpaired) electrons. The largest absolute Gasteiger partial charge is 0.481 e. The summed E-state index contributed by atoms with van der Waals surface area (Å²) in [5, 5.41) is 25.4. The number of benzene rings is 2. The van der Waals surface area contributed by atoms with Crippen LogP contribution < -0.4 is 0 Å². The Morgan fingerprint density at radius 2 is 1.83 bits per heavy atom. The summed E-state index contributed by atoms with van der Waals surface area (Å²) in [6.45, 7) is 0.271. The molecule has 6 nitrogen and oxygen atoms in total. The molecule has 0 aliphatic heterocycles. The fourth-order valence-corrected chi connectivity index (χ4v) is 5.55. The predicted octanol–water partition coefficient (Wildman–Crippen LogP) is 6.64. The molecule has 3 aromatic rings. The number of hydrogen-bond donors (Lipinski definition) is 2. The first-order valence-corrected chi connectivity index (χ1v) is 12.8. The van der Waals surface area contributed by atoms with Crippen LogP contribution in [0.15, 0.2) is 40.9 Å². The molecular formula is C27H26Cl2FNO5. The average molecular weight is 534 g/mol. The molecule has 36 heavy (non-hydrogen) atoms. The Labute approximate surface area is 218 Å². The van der Waals surface area contributed by atoms with Crippen molar-refractivity contribution < 1.29 is 28.7 Å². The van der Waals surface area contributed by atoms with Crippen molar-refractivity contribution >= 4 is 29.2 Å². The summed E-state index contributed by atoms with van der Waals surface area (Å²) in [5.41, 5.74) is 1.28. The molecule has 0 amide bonds. The molecule has 5 rings (SSSR count). The number of carboxylic acid groups (broad SMARTS) is 1. The number of rotatable bonds is 8. The van der Waals surface area contributed by atoms with Crippen molar-refractivity contribution in [2.24, 2.45) is 0 Å². The second kappa shape index (κ2) is 10.1. The maximum absolute atomic E-state index is 14.7. The minimum atomic E-state index is -1.32. The van der Waals surface area contributed by atoms with Crippen molar-refractivity contribution in [3.05, 3.63) is 74.7 Å². The van der Waals surface area contributed by atoms with Gasteiger partial charge in [-0.1, -0.05) is 46.6 Å². The van der Waals surface area contributed by atoms with E-state index in [0.717, 1.165) is 24.2 Å². The minimum absolute atomic E-state index is 0.129. The lowest BCUT2D eigenvalue weighted by Gasteiger charge is -2.36. The molecule has 2 aliphatic rings. The Kier molecular flexibility index (Phi) is 7.10. The smallest absolute Gasteiger partial charge is 0.307 e. The summed E-state index contributed by atoms with van der Waals surface area (Å²) in [5.74, 6) is -0.502. The van der Waals surface area contributed by atoms with Crippen molar-refractivity contribution in [2.75, 3.05) is 0 Å². The van der Waals surface area contributed by atoms with Gasteiger partial charge in [-0.3, -0.25) is 4.79 Å². The number of aliphatic carboxylic acids is 1. The number of halogens is 3. The van der Waals surface area contributed by atoms with Crippen LogP contribution in [0.2, 0.25) is 10.0 Å². The van der Waals surface area contributed by atoms with Gasteiger partial charge in [0.25, 0.3) is 0 Å². The van der Waals surface area contributed by atoms with E-state index in [1.54, 1.807) is 24.3 Å². The molecule has 2 N–H and O–H groups in total. The van der Waals surface area contributed by atoms with Crippen LogP contribution >= 0.6 is 23.2 Å². The molecular weight excluding hydrogens is 508 g/mol. The third kappa shape index (κ3) is 5.16. The third-order valence-electron chi connectivity index (χ3n) is 7.08. The standard InChI is InChI=1S/C27H26Cl2FNO5/c28-20-2-1-3-21(29)24(20)25-18(26(36-31-25)16-5-6-16)14-35-17-8-10-27(34,11-9-17)19-7-4-15(12-22(19)30)13-23(32)33/h1-4,7,12,16-17,34H,5-6,8-11,13-14H2,(H,32,33). The molecule has 0 saturated heterocycles. The highest BCUT2D eigenvalue weighted by Crippen LogP contribution is 2.46. The molecule has 1 heterocycles. The van der Waals surface area contributed by atoms with E-state index in [-0.39, 0.29) is 24.7 Å². The van der Waals surface area contributed by atoms with Crippen molar-refractivity contribution in [2.45, 2.75) is 69.2 Å². The maximum Gasteiger partial charge on any atom is 0.307 e. The lowest BCUT2D eigenvalue weighted by atomic mass is 9.78. The van der Waals surface area contributed by atoms with Gasteiger partial charge in [-0.25, -0.2) is 4.39 Å². The normalized spacial score (nSPS) is 22.1. The Balaban J connectivity index is 1.28. The highest BCUT2D eigenvalue weighted by atomic mass is 35.5. The molecule has 1 aromatic heterocycles. The first kappa shape index (κ1) is 25.2. The number of carbonyl (C=O) groups is 1. The number of nitrogens with zero attached hydrogens (tertiary/aromatic N) is 1. The van der Waals surface area contributed by atoms with E-state index in [0.29, 0.717) is 58.5 Å². The Hall–Kier alpha value is -2.45. The summed E-state index contributed by atoms with van der Waals surface area (Å²) in [7, 11) is 0. The molecule has 2 aromatic carbocycles. The SMILES string of the molecule is O=C(O)Cc1ccc(C2(O)CCC(OCc3c(-c4c(Cl)cccc4Cl)noc3C3CC3)CC2)c(F)c1. The topological polar surface area (TPSA) is 92.8 Å². The lowest BCUT2D eigenvalue weighted by Crippen LogP contribution is -2.35. The van der Waals surface area contributed by atoms with Crippen LogP contribution in [-0.4, -0.2) is 27.4 Å². The number of aliphatic hydroxyl groups is 1. The predicted molar refractivity (Wildman–Crippen MR) is 133 cm³/mol. The zero-order chi connectivity index (χ0) is 25.4. The quantitative estimate of drug-likeness (QED) is 0.337. The van der Waals surface area contributed by atoms with Crippen LogP contribution in [0.1, 0.15) is 66.9 Å². The number of aromatic nitrogens is 1. The number of hydrogen-bond acceptors (Lipinski definition) is 5. The lowest BCUT2D eigenvalue weighted by molar-refractivity contribution is -0.136. The number of ether oxygens (including phenoxy) is 1. The van der Waals surface area contributed by atoms with Gasteiger partial charge in [0.15, 0.2) is 0 Å². The van der Waals surface area contributed by atoms with E-state index in [1.807, 2.05) is 0 Å². The Morgan fingerprint density at radius 3 is 2.44 bits per heavy atom. The summed E-state index contributed by atoms with van der Waals surface area (Å²) in [6.07, 6.45) is 3.41. The first-order valence-electron chi connectivity index (χ1n) is 12.0.